The highest BCUT2D eigenvalue weighted by Crippen LogP contribution is 2.26. The number of hydrogen-bond donors (Lipinski definition) is 0. The van der Waals surface area contributed by atoms with Crippen molar-refractivity contribution in [2.75, 3.05) is 18.1 Å². The number of rotatable bonds is 1. The molecule has 2 heterocycles. The molecule has 1 saturated heterocycles. The number of aliphatic imine (C=N–C) groups is 1. The Balaban J connectivity index is 2.10. The van der Waals surface area contributed by atoms with E-state index in [0.29, 0.717) is 12.3 Å². The summed E-state index contributed by atoms with van der Waals surface area (Å²) in [5.74, 6) is 1.39. The van der Waals surface area contributed by atoms with Gasteiger partial charge in [0.2, 0.25) is 0 Å². The van der Waals surface area contributed by atoms with Crippen molar-refractivity contribution in [3.8, 4) is 0 Å². The van der Waals surface area contributed by atoms with E-state index in [2.05, 4.69) is 4.99 Å². The first kappa shape index (κ1) is 11.0. The van der Waals surface area contributed by atoms with Crippen LogP contribution in [0.15, 0.2) is 4.99 Å². The van der Waals surface area contributed by atoms with Crippen LogP contribution in [0.5, 0.6) is 0 Å². The van der Waals surface area contributed by atoms with Gasteiger partial charge in [0.05, 0.1) is 0 Å². The first-order valence-electron chi connectivity index (χ1n) is 4.90. The van der Waals surface area contributed by atoms with Gasteiger partial charge in [-0.2, -0.15) is 0 Å². The van der Waals surface area contributed by atoms with E-state index in [1.165, 1.54) is 23.5 Å². The molecule has 15 heavy (non-hydrogen) atoms. The molecule has 0 N–H and O–H groups in total. The highest BCUT2D eigenvalue weighted by atomic mass is 32.2. The van der Waals surface area contributed by atoms with Crippen molar-refractivity contribution < 1.29 is 9.59 Å². The minimum atomic E-state index is -0.381. The predicted octanol–water partition coefficient (Wildman–Crippen LogP) is 1.61. The van der Waals surface area contributed by atoms with Gasteiger partial charge in [-0.1, -0.05) is 11.8 Å². The minimum absolute atomic E-state index is 0.0236. The average Bonchev–Trinajstić information content (AvgIpc) is 2.44. The SMILES string of the molecule is O=C1N=CCSC1N1CCCCSC1=O. The molecule has 0 aromatic heterocycles. The standard InChI is InChI=1S/C9H12N2O2S2/c12-7-8(14-6-3-10-7)11-4-1-2-5-15-9(11)13/h3,8H,1-2,4-6H2. The Bertz CT molecular complexity index is 306. The lowest BCUT2D eigenvalue weighted by Gasteiger charge is -2.28. The molecule has 2 rings (SSSR count). The highest BCUT2D eigenvalue weighted by molar-refractivity contribution is 8.13. The molecular weight excluding hydrogens is 232 g/mol. The minimum Gasteiger partial charge on any atom is -0.313 e. The number of amides is 2. The molecule has 0 spiro atoms. The fourth-order valence-corrected chi connectivity index (χ4v) is 3.43. The van der Waals surface area contributed by atoms with E-state index >= 15 is 0 Å². The quantitative estimate of drug-likeness (QED) is 0.703. The van der Waals surface area contributed by atoms with Crippen LogP contribution >= 0.6 is 23.5 Å². The van der Waals surface area contributed by atoms with Crippen LogP contribution in [0.4, 0.5) is 4.79 Å². The molecule has 1 unspecified atom stereocenters. The fourth-order valence-electron chi connectivity index (χ4n) is 1.55. The van der Waals surface area contributed by atoms with Crippen LogP contribution < -0.4 is 0 Å². The number of nitrogens with zero attached hydrogens (tertiary/aromatic N) is 2. The van der Waals surface area contributed by atoms with Crippen LogP contribution in [0.25, 0.3) is 0 Å². The highest BCUT2D eigenvalue weighted by Gasteiger charge is 2.32. The Labute approximate surface area is 96.9 Å². The van der Waals surface area contributed by atoms with E-state index in [-0.39, 0.29) is 16.5 Å². The molecule has 2 aliphatic heterocycles. The second-order valence-corrected chi connectivity index (χ2v) is 5.51. The van der Waals surface area contributed by atoms with Gasteiger partial charge in [-0.25, -0.2) is 4.99 Å². The topological polar surface area (TPSA) is 49.7 Å². The maximum atomic E-state index is 11.7. The van der Waals surface area contributed by atoms with E-state index in [0.717, 1.165) is 18.6 Å². The van der Waals surface area contributed by atoms with E-state index in [9.17, 15) is 9.59 Å². The number of carbonyl (C=O) groups excluding carboxylic acids is 2. The number of thioether (sulfide) groups is 2. The number of hydrogen-bond acceptors (Lipinski definition) is 4. The second-order valence-electron chi connectivity index (χ2n) is 3.35. The van der Waals surface area contributed by atoms with Gasteiger partial charge in [-0.05, 0) is 12.8 Å². The lowest BCUT2D eigenvalue weighted by atomic mass is 10.3. The Hall–Kier alpha value is -0.490. The van der Waals surface area contributed by atoms with Gasteiger partial charge < -0.3 is 4.90 Å². The summed E-state index contributed by atoms with van der Waals surface area (Å²) in [5, 5.41) is -0.358. The molecule has 1 atom stereocenters. The second kappa shape index (κ2) is 5.03. The molecular formula is C9H12N2O2S2. The Kier molecular flexibility index (Phi) is 3.69. The molecule has 2 aliphatic rings. The first-order valence-corrected chi connectivity index (χ1v) is 6.94. The monoisotopic (exact) mass is 244 g/mol. The average molecular weight is 244 g/mol. The van der Waals surface area contributed by atoms with Crippen molar-refractivity contribution in [2.45, 2.75) is 18.2 Å². The fraction of sp³-hybridized carbons (Fsp3) is 0.667. The Morgan fingerprint density at radius 3 is 3.07 bits per heavy atom. The van der Waals surface area contributed by atoms with Crippen molar-refractivity contribution in [3.05, 3.63) is 0 Å². The van der Waals surface area contributed by atoms with Gasteiger partial charge in [0.25, 0.3) is 11.1 Å². The maximum absolute atomic E-state index is 11.7. The van der Waals surface area contributed by atoms with Crippen LogP contribution in [-0.2, 0) is 4.79 Å². The van der Waals surface area contributed by atoms with Gasteiger partial charge in [0.15, 0.2) is 5.37 Å². The van der Waals surface area contributed by atoms with E-state index in [1.807, 2.05) is 0 Å². The number of carbonyl (C=O) groups is 2. The van der Waals surface area contributed by atoms with Gasteiger partial charge in [-0.15, -0.1) is 11.8 Å². The molecule has 0 bridgehead atoms. The summed E-state index contributed by atoms with van der Waals surface area (Å²) in [5.41, 5.74) is 0. The van der Waals surface area contributed by atoms with Crippen molar-refractivity contribution in [1.29, 1.82) is 0 Å². The molecule has 1 fully saturated rings. The Morgan fingerprint density at radius 1 is 1.40 bits per heavy atom. The summed E-state index contributed by atoms with van der Waals surface area (Å²) < 4.78 is 0. The van der Waals surface area contributed by atoms with Gasteiger partial charge in [-0.3, -0.25) is 9.59 Å². The molecule has 0 aliphatic carbocycles. The van der Waals surface area contributed by atoms with Crippen LogP contribution in [0, 0.1) is 0 Å². The Morgan fingerprint density at radius 2 is 2.27 bits per heavy atom. The summed E-state index contributed by atoms with van der Waals surface area (Å²) in [6, 6.07) is 0. The van der Waals surface area contributed by atoms with Gasteiger partial charge in [0, 0.05) is 24.3 Å². The predicted molar refractivity (Wildman–Crippen MR) is 63.5 cm³/mol. The van der Waals surface area contributed by atoms with E-state index in [1.54, 1.807) is 11.1 Å². The van der Waals surface area contributed by atoms with Crippen LogP contribution in [-0.4, -0.2) is 45.7 Å². The summed E-state index contributed by atoms with van der Waals surface area (Å²) in [4.78, 5) is 28.7. The van der Waals surface area contributed by atoms with Crippen molar-refractivity contribution in [1.82, 2.24) is 4.90 Å². The molecule has 2 amide bonds. The molecule has 0 saturated carbocycles. The molecule has 4 nitrogen and oxygen atoms in total. The van der Waals surface area contributed by atoms with E-state index < -0.39 is 0 Å². The molecule has 6 heteroatoms. The van der Waals surface area contributed by atoms with Gasteiger partial charge in [0.1, 0.15) is 0 Å². The van der Waals surface area contributed by atoms with Crippen LogP contribution in [0.3, 0.4) is 0 Å². The third-order valence-electron chi connectivity index (χ3n) is 2.29. The molecule has 0 radical (unpaired) electrons. The normalized spacial score (nSPS) is 28.0. The van der Waals surface area contributed by atoms with Crippen LogP contribution in [0.2, 0.25) is 0 Å². The van der Waals surface area contributed by atoms with Gasteiger partial charge >= 0.3 is 0 Å². The zero-order valence-corrected chi connectivity index (χ0v) is 9.85. The molecule has 0 aromatic carbocycles. The molecule has 82 valence electrons. The smallest absolute Gasteiger partial charge is 0.282 e. The van der Waals surface area contributed by atoms with Crippen LogP contribution in [0.1, 0.15) is 12.8 Å². The third kappa shape index (κ3) is 2.55. The third-order valence-corrected chi connectivity index (χ3v) is 4.38. The van der Waals surface area contributed by atoms with Crippen molar-refractivity contribution in [2.24, 2.45) is 4.99 Å². The summed E-state index contributed by atoms with van der Waals surface area (Å²) in [7, 11) is 0. The summed E-state index contributed by atoms with van der Waals surface area (Å²) >= 11 is 2.80. The van der Waals surface area contributed by atoms with Crippen molar-refractivity contribution in [3.63, 3.8) is 0 Å². The maximum Gasteiger partial charge on any atom is 0.282 e. The zero-order chi connectivity index (χ0) is 10.7. The summed E-state index contributed by atoms with van der Waals surface area (Å²) in [6.07, 6.45) is 3.63. The zero-order valence-electron chi connectivity index (χ0n) is 8.22. The van der Waals surface area contributed by atoms with Crippen molar-refractivity contribution >= 4 is 40.9 Å². The lowest BCUT2D eigenvalue weighted by Crippen LogP contribution is -2.42. The molecule has 0 aromatic rings. The summed E-state index contributed by atoms with van der Waals surface area (Å²) in [6.45, 7) is 0.685. The largest absolute Gasteiger partial charge is 0.313 e. The first-order chi connectivity index (χ1) is 7.29. The van der Waals surface area contributed by atoms with E-state index in [4.69, 9.17) is 0 Å². The lowest BCUT2D eigenvalue weighted by molar-refractivity contribution is -0.119.